The molecule has 0 N–H and O–H groups in total. The number of ether oxygens (including phenoxy) is 1. The highest BCUT2D eigenvalue weighted by Gasteiger charge is 2.18. The van der Waals surface area contributed by atoms with Crippen LogP contribution in [-0.2, 0) is 9.53 Å². The van der Waals surface area contributed by atoms with Crippen molar-refractivity contribution in [3.05, 3.63) is 11.6 Å². The summed E-state index contributed by atoms with van der Waals surface area (Å²) in [5, 5.41) is 0. The van der Waals surface area contributed by atoms with Gasteiger partial charge in [-0.05, 0) is 25.7 Å². The van der Waals surface area contributed by atoms with E-state index in [0.29, 0.717) is 6.61 Å². The van der Waals surface area contributed by atoms with Gasteiger partial charge < -0.3 is 4.74 Å². The molecule has 0 bridgehead atoms. The summed E-state index contributed by atoms with van der Waals surface area (Å²) in [6, 6.07) is 0. The third-order valence-corrected chi connectivity index (χ3v) is 2.57. The number of esters is 1. The molecule has 0 aliphatic rings. The van der Waals surface area contributed by atoms with Crippen LogP contribution >= 0.6 is 0 Å². The van der Waals surface area contributed by atoms with Crippen molar-refractivity contribution in [2.24, 2.45) is 5.41 Å². The fraction of sp³-hybridized carbons (Fsp3) is 0.727. The SMILES string of the molecule is CCOC(=O)C=C(C)C(C)(C)CC. The first kappa shape index (κ1) is 12.2. The lowest BCUT2D eigenvalue weighted by atomic mass is 9.82. The molecular formula is C11H20O2. The Morgan fingerprint density at radius 2 is 1.92 bits per heavy atom. The largest absolute Gasteiger partial charge is 0.463 e. The molecule has 2 heteroatoms. The van der Waals surface area contributed by atoms with Crippen LogP contribution in [0.1, 0.15) is 41.0 Å². The Morgan fingerprint density at radius 1 is 1.38 bits per heavy atom. The topological polar surface area (TPSA) is 26.3 Å². The summed E-state index contributed by atoms with van der Waals surface area (Å²) >= 11 is 0. The number of rotatable bonds is 4. The van der Waals surface area contributed by atoms with Crippen molar-refractivity contribution in [1.82, 2.24) is 0 Å². The minimum atomic E-state index is -0.235. The van der Waals surface area contributed by atoms with Crippen molar-refractivity contribution < 1.29 is 9.53 Å². The molecule has 0 saturated carbocycles. The Hall–Kier alpha value is -0.790. The molecule has 0 aromatic heterocycles. The van der Waals surface area contributed by atoms with Gasteiger partial charge in [-0.2, -0.15) is 0 Å². The monoisotopic (exact) mass is 184 g/mol. The summed E-state index contributed by atoms with van der Waals surface area (Å²) < 4.78 is 4.84. The van der Waals surface area contributed by atoms with Gasteiger partial charge in [0, 0.05) is 6.08 Å². The highest BCUT2D eigenvalue weighted by atomic mass is 16.5. The van der Waals surface area contributed by atoms with Crippen molar-refractivity contribution in [1.29, 1.82) is 0 Å². The van der Waals surface area contributed by atoms with Gasteiger partial charge in [0.15, 0.2) is 0 Å². The van der Waals surface area contributed by atoms with Crippen LogP contribution in [0.3, 0.4) is 0 Å². The third-order valence-electron chi connectivity index (χ3n) is 2.57. The van der Waals surface area contributed by atoms with Crippen LogP contribution in [0.4, 0.5) is 0 Å². The van der Waals surface area contributed by atoms with Gasteiger partial charge in [0.05, 0.1) is 6.61 Å². The smallest absolute Gasteiger partial charge is 0.330 e. The highest BCUT2D eigenvalue weighted by Crippen LogP contribution is 2.29. The zero-order valence-electron chi connectivity index (χ0n) is 9.31. The van der Waals surface area contributed by atoms with Crippen molar-refractivity contribution in [3.63, 3.8) is 0 Å². The van der Waals surface area contributed by atoms with Crippen molar-refractivity contribution in [2.75, 3.05) is 6.61 Å². The van der Waals surface area contributed by atoms with Crippen molar-refractivity contribution >= 4 is 5.97 Å². The van der Waals surface area contributed by atoms with Gasteiger partial charge in [0.25, 0.3) is 0 Å². The minimum Gasteiger partial charge on any atom is -0.463 e. The van der Waals surface area contributed by atoms with Gasteiger partial charge in [0.1, 0.15) is 0 Å². The molecular weight excluding hydrogens is 164 g/mol. The molecule has 0 unspecified atom stereocenters. The lowest BCUT2D eigenvalue weighted by Gasteiger charge is -2.23. The summed E-state index contributed by atoms with van der Waals surface area (Å²) in [5.74, 6) is -0.235. The lowest BCUT2D eigenvalue weighted by Crippen LogP contribution is -2.13. The second-order valence-electron chi connectivity index (χ2n) is 3.82. The molecule has 0 spiro atoms. The Labute approximate surface area is 81.0 Å². The molecule has 0 heterocycles. The van der Waals surface area contributed by atoms with Crippen LogP contribution in [0.5, 0.6) is 0 Å². The Balaban J connectivity index is 4.39. The molecule has 0 amide bonds. The minimum absolute atomic E-state index is 0.0900. The second kappa shape index (κ2) is 5.05. The quantitative estimate of drug-likeness (QED) is 0.496. The molecule has 0 atom stereocenters. The number of hydrogen-bond donors (Lipinski definition) is 0. The van der Waals surface area contributed by atoms with Crippen LogP contribution < -0.4 is 0 Å². The van der Waals surface area contributed by atoms with E-state index < -0.39 is 0 Å². The first-order valence-electron chi connectivity index (χ1n) is 4.79. The Kier molecular flexibility index (Phi) is 4.74. The average Bonchev–Trinajstić information content (AvgIpc) is 2.04. The van der Waals surface area contributed by atoms with E-state index in [4.69, 9.17) is 4.74 Å². The molecule has 0 fully saturated rings. The summed E-state index contributed by atoms with van der Waals surface area (Å²) in [5.41, 5.74) is 1.17. The van der Waals surface area contributed by atoms with E-state index in [-0.39, 0.29) is 11.4 Å². The first-order valence-corrected chi connectivity index (χ1v) is 4.79. The van der Waals surface area contributed by atoms with Crippen LogP contribution in [0.2, 0.25) is 0 Å². The zero-order valence-corrected chi connectivity index (χ0v) is 9.31. The van der Waals surface area contributed by atoms with E-state index in [1.165, 1.54) is 0 Å². The van der Waals surface area contributed by atoms with E-state index in [2.05, 4.69) is 20.8 Å². The Bertz CT molecular complexity index is 202. The van der Waals surface area contributed by atoms with Crippen molar-refractivity contribution in [2.45, 2.75) is 41.0 Å². The van der Waals surface area contributed by atoms with Crippen LogP contribution in [0.15, 0.2) is 11.6 Å². The van der Waals surface area contributed by atoms with E-state index in [1.807, 2.05) is 13.8 Å². The van der Waals surface area contributed by atoms with E-state index in [9.17, 15) is 4.79 Å². The maximum absolute atomic E-state index is 11.1. The van der Waals surface area contributed by atoms with E-state index >= 15 is 0 Å². The van der Waals surface area contributed by atoms with Crippen molar-refractivity contribution in [3.8, 4) is 0 Å². The standard InChI is InChI=1S/C11H20O2/c1-6-11(4,5)9(3)8-10(12)13-7-2/h8H,6-7H2,1-5H3. The number of allylic oxidation sites excluding steroid dienone is 1. The van der Waals surface area contributed by atoms with Gasteiger partial charge in [0.2, 0.25) is 0 Å². The average molecular weight is 184 g/mol. The summed E-state index contributed by atoms with van der Waals surface area (Å²) in [6.07, 6.45) is 2.61. The van der Waals surface area contributed by atoms with Crippen LogP contribution in [0, 0.1) is 5.41 Å². The number of carbonyl (C=O) groups excluding carboxylic acids is 1. The molecule has 0 saturated heterocycles. The lowest BCUT2D eigenvalue weighted by molar-refractivity contribution is -0.137. The molecule has 0 radical (unpaired) electrons. The molecule has 0 rings (SSSR count). The molecule has 76 valence electrons. The molecule has 2 nitrogen and oxygen atoms in total. The summed E-state index contributed by atoms with van der Waals surface area (Å²) in [4.78, 5) is 11.1. The zero-order chi connectivity index (χ0) is 10.5. The maximum Gasteiger partial charge on any atom is 0.330 e. The van der Waals surface area contributed by atoms with Crippen LogP contribution in [-0.4, -0.2) is 12.6 Å². The van der Waals surface area contributed by atoms with Gasteiger partial charge in [-0.1, -0.05) is 26.3 Å². The Morgan fingerprint density at radius 3 is 2.31 bits per heavy atom. The number of carbonyl (C=O) groups is 1. The third kappa shape index (κ3) is 4.11. The molecule has 0 aromatic rings. The van der Waals surface area contributed by atoms with Gasteiger partial charge in [-0.3, -0.25) is 0 Å². The van der Waals surface area contributed by atoms with Gasteiger partial charge >= 0.3 is 5.97 Å². The summed E-state index contributed by atoms with van der Waals surface area (Å²) in [6.45, 7) is 10.6. The summed E-state index contributed by atoms with van der Waals surface area (Å²) in [7, 11) is 0. The predicted molar refractivity (Wildman–Crippen MR) is 54.5 cm³/mol. The second-order valence-corrected chi connectivity index (χ2v) is 3.82. The number of hydrogen-bond acceptors (Lipinski definition) is 2. The van der Waals surface area contributed by atoms with Gasteiger partial charge in [-0.25, -0.2) is 4.79 Å². The first-order chi connectivity index (χ1) is 5.94. The van der Waals surface area contributed by atoms with E-state index in [1.54, 1.807) is 6.08 Å². The maximum atomic E-state index is 11.1. The highest BCUT2D eigenvalue weighted by molar-refractivity contribution is 5.82. The molecule has 0 aliphatic carbocycles. The molecule has 13 heavy (non-hydrogen) atoms. The molecule has 0 aromatic carbocycles. The van der Waals surface area contributed by atoms with E-state index in [0.717, 1.165) is 12.0 Å². The predicted octanol–water partition coefficient (Wildman–Crippen LogP) is 2.93. The normalized spacial score (nSPS) is 12.8. The fourth-order valence-electron chi connectivity index (χ4n) is 0.835. The molecule has 0 aliphatic heterocycles. The fourth-order valence-corrected chi connectivity index (χ4v) is 0.835. The van der Waals surface area contributed by atoms with Crippen LogP contribution in [0.25, 0.3) is 0 Å². The van der Waals surface area contributed by atoms with Gasteiger partial charge in [-0.15, -0.1) is 0 Å².